The third kappa shape index (κ3) is 3.98. The molecule has 0 spiro atoms. The normalized spacial score (nSPS) is 10.9. The molecule has 0 fully saturated rings. The number of halogens is 4. The summed E-state index contributed by atoms with van der Waals surface area (Å²) in [5, 5.41) is 4.04. The Kier molecular flexibility index (Phi) is 6.06. The van der Waals surface area contributed by atoms with E-state index >= 15 is 0 Å². The summed E-state index contributed by atoms with van der Waals surface area (Å²) in [5.41, 5.74) is 2.23. The summed E-state index contributed by atoms with van der Waals surface area (Å²) in [6.45, 7) is 3.63. The molecule has 112 valence electrons. The fourth-order valence-corrected chi connectivity index (χ4v) is 2.77. The van der Waals surface area contributed by atoms with Crippen molar-refractivity contribution in [3.05, 3.63) is 56.2 Å². The Morgan fingerprint density at radius 1 is 1.14 bits per heavy atom. The van der Waals surface area contributed by atoms with E-state index in [4.69, 9.17) is 23.2 Å². The summed E-state index contributed by atoms with van der Waals surface area (Å²) in [4.78, 5) is 0. The molecule has 0 amide bonds. The van der Waals surface area contributed by atoms with Crippen LogP contribution in [-0.4, -0.2) is 6.54 Å². The van der Waals surface area contributed by atoms with Crippen molar-refractivity contribution in [1.82, 2.24) is 5.32 Å². The minimum absolute atomic E-state index is 0.0925. The maximum Gasteiger partial charge on any atom is 0.150 e. The topological polar surface area (TPSA) is 12.0 Å². The van der Waals surface area contributed by atoms with E-state index in [-0.39, 0.29) is 5.02 Å². The van der Waals surface area contributed by atoms with Crippen molar-refractivity contribution in [2.24, 2.45) is 0 Å². The molecule has 2 aromatic carbocycles. The van der Waals surface area contributed by atoms with E-state index in [9.17, 15) is 4.39 Å². The smallest absolute Gasteiger partial charge is 0.150 e. The molecule has 2 aromatic rings. The van der Waals surface area contributed by atoms with Crippen LogP contribution < -0.4 is 5.32 Å². The molecule has 5 heteroatoms. The highest BCUT2D eigenvalue weighted by Gasteiger charge is 2.14. The maximum absolute atomic E-state index is 14.4. The number of nitrogens with one attached hydrogen (secondary N) is 1. The molecule has 0 radical (unpaired) electrons. The van der Waals surface area contributed by atoms with Crippen LogP contribution >= 0.6 is 39.1 Å². The molecule has 0 aliphatic heterocycles. The van der Waals surface area contributed by atoms with E-state index in [0.29, 0.717) is 21.6 Å². The van der Waals surface area contributed by atoms with Crippen LogP contribution in [0.4, 0.5) is 4.39 Å². The van der Waals surface area contributed by atoms with Crippen molar-refractivity contribution in [3.8, 4) is 11.1 Å². The van der Waals surface area contributed by atoms with Gasteiger partial charge in [-0.1, -0.05) is 42.3 Å². The standard InChI is InChI=1S/C16H15BrCl2FN/c1-2-7-21-9-10-8-11(18)3-4-12(10)13-5-6-14(17)15(19)16(13)20/h3-6,8,21H,2,7,9H2,1H3. The molecule has 0 saturated heterocycles. The first-order valence-corrected chi connectivity index (χ1v) is 8.22. The number of hydrogen-bond acceptors (Lipinski definition) is 1. The number of benzene rings is 2. The first kappa shape index (κ1) is 16.8. The molecule has 2 rings (SSSR count). The van der Waals surface area contributed by atoms with Crippen LogP contribution in [0.1, 0.15) is 18.9 Å². The Morgan fingerprint density at radius 2 is 1.86 bits per heavy atom. The molecule has 0 heterocycles. The van der Waals surface area contributed by atoms with Crippen LogP contribution in [0.2, 0.25) is 10.0 Å². The number of hydrogen-bond donors (Lipinski definition) is 1. The van der Waals surface area contributed by atoms with E-state index in [2.05, 4.69) is 28.2 Å². The lowest BCUT2D eigenvalue weighted by Gasteiger charge is -2.13. The molecule has 0 saturated carbocycles. The Labute approximate surface area is 142 Å². The minimum Gasteiger partial charge on any atom is -0.313 e. The van der Waals surface area contributed by atoms with E-state index in [1.165, 1.54) is 0 Å². The third-order valence-electron chi connectivity index (χ3n) is 3.13. The van der Waals surface area contributed by atoms with Gasteiger partial charge in [0.1, 0.15) is 0 Å². The molecule has 1 nitrogen and oxygen atoms in total. The van der Waals surface area contributed by atoms with Crippen LogP contribution in [0.25, 0.3) is 11.1 Å². The minimum atomic E-state index is -0.426. The predicted molar refractivity (Wildman–Crippen MR) is 91.6 cm³/mol. The van der Waals surface area contributed by atoms with Gasteiger partial charge in [-0.05, 0) is 58.2 Å². The summed E-state index contributed by atoms with van der Waals surface area (Å²) in [5.74, 6) is -0.426. The van der Waals surface area contributed by atoms with Gasteiger partial charge in [0.15, 0.2) is 5.82 Å². The van der Waals surface area contributed by atoms with Crippen molar-refractivity contribution in [1.29, 1.82) is 0 Å². The van der Waals surface area contributed by atoms with Gasteiger partial charge in [0, 0.05) is 21.6 Å². The summed E-state index contributed by atoms with van der Waals surface area (Å²) >= 11 is 15.3. The van der Waals surface area contributed by atoms with Crippen LogP contribution in [0.5, 0.6) is 0 Å². The monoisotopic (exact) mass is 389 g/mol. The van der Waals surface area contributed by atoms with Gasteiger partial charge in [0.2, 0.25) is 0 Å². The Hall–Kier alpha value is -0.610. The zero-order chi connectivity index (χ0) is 15.4. The van der Waals surface area contributed by atoms with Gasteiger partial charge in [-0.2, -0.15) is 0 Å². The molecule has 21 heavy (non-hydrogen) atoms. The Bertz CT molecular complexity index is 646. The molecular weight excluding hydrogens is 376 g/mol. The molecule has 1 N–H and O–H groups in total. The van der Waals surface area contributed by atoms with E-state index in [0.717, 1.165) is 24.1 Å². The summed E-state index contributed by atoms with van der Waals surface area (Å²) < 4.78 is 14.9. The highest BCUT2D eigenvalue weighted by atomic mass is 79.9. The van der Waals surface area contributed by atoms with Gasteiger partial charge in [0.05, 0.1) is 5.02 Å². The second kappa shape index (κ2) is 7.59. The van der Waals surface area contributed by atoms with Gasteiger partial charge in [-0.15, -0.1) is 0 Å². The molecular formula is C16H15BrCl2FN. The molecule has 0 atom stereocenters. The average Bonchev–Trinajstić information content (AvgIpc) is 2.46. The summed E-state index contributed by atoms with van der Waals surface area (Å²) in [6.07, 6.45) is 1.04. The first-order chi connectivity index (χ1) is 10.0. The Morgan fingerprint density at radius 3 is 2.57 bits per heavy atom. The largest absolute Gasteiger partial charge is 0.313 e. The predicted octanol–water partition coefficient (Wildman–Crippen LogP) is 6.06. The van der Waals surface area contributed by atoms with Crippen LogP contribution in [0, 0.1) is 5.82 Å². The van der Waals surface area contributed by atoms with Crippen molar-refractivity contribution in [3.63, 3.8) is 0 Å². The first-order valence-electron chi connectivity index (χ1n) is 6.67. The van der Waals surface area contributed by atoms with E-state index in [1.54, 1.807) is 18.2 Å². The van der Waals surface area contributed by atoms with E-state index < -0.39 is 5.82 Å². The second-order valence-corrected chi connectivity index (χ2v) is 6.37. The zero-order valence-electron chi connectivity index (χ0n) is 11.5. The maximum atomic E-state index is 14.4. The highest BCUT2D eigenvalue weighted by molar-refractivity contribution is 9.10. The van der Waals surface area contributed by atoms with Crippen molar-refractivity contribution in [2.75, 3.05) is 6.54 Å². The fraction of sp³-hybridized carbons (Fsp3) is 0.250. The molecule has 0 aromatic heterocycles. The van der Waals surface area contributed by atoms with Gasteiger partial charge in [-0.3, -0.25) is 0 Å². The number of rotatable bonds is 5. The van der Waals surface area contributed by atoms with Crippen molar-refractivity contribution < 1.29 is 4.39 Å². The van der Waals surface area contributed by atoms with Gasteiger partial charge >= 0.3 is 0 Å². The zero-order valence-corrected chi connectivity index (χ0v) is 14.6. The summed E-state index contributed by atoms with van der Waals surface area (Å²) in [7, 11) is 0. The van der Waals surface area contributed by atoms with Crippen LogP contribution in [0.15, 0.2) is 34.8 Å². The summed E-state index contributed by atoms with van der Waals surface area (Å²) in [6, 6.07) is 8.91. The second-order valence-electron chi connectivity index (χ2n) is 4.70. The molecule has 0 bridgehead atoms. The lowest BCUT2D eigenvalue weighted by atomic mass is 9.99. The lowest BCUT2D eigenvalue weighted by Crippen LogP contribution is -2.14. The van der Waals surface area contributed by atoms with Crippen LogP contribution in [0.3, 0.4) is 0 Å². The van der Waals surface area contributed by atoms with Crippen LogP contribution in [-0.2, 0) is 6.54 Å². The van der Waals surface area contributed by atoms with Gasteiger partial charge in [-0.25, -0.2) is 4.39 Å². The van der Waals surface area contributed by atoms with Gasteiger partial charge in [0.25, 0.3) is 0 Å². The highest BCUT2D eigenvalue weighted by Crippen LogP contribution is 2.35. The average molecular weight is 391 g/mol. The van der Waals surface area contributed by atoms with Gasteiger partial charge < -0.3 is 5.32 Å². The Balaban J connectivity index is 2.46. The van der Waals surface area contributed by atoms with Crippen molar-refractivity contribution >= 4 is 39.1 Å². The molecule has 0 unspecified atom stereocenters. The van der Waals surface area contributed by atoms with E-state index in [1.807, 2.05) is 12.1 Å². The quantitative estimate of drug-likeness (QED) is 0.483. The lowest BCUT2D eigenvalue weighted by molar-refractivity contribution is 0.630. The SMILES string of the molecule is CCCNCc1cc(Cl)ccc1-c1ccc(Br)c(Cl)c1F. The molecule has 0 aliphatic rings. The van der Waals surface area contributed by atoms with Crippen molar-refractivity contribution in [2.45, 2.75) is 19.9 Å². The fourth-order valence-electron chi connectivity index (χ4n) is 2.11. The molecule has 0 aliphatic carbocycles. The third-order valence-corrected chi connectivity index (χ3v) is 4.63.